The number of carbonyl (C=O) groups excluding carboxylic acids is 1. The summed E-state index contributed by atoms with van der Waals surface area (Å²) in [5.74, 6) is 0.0430. The molecule has 2 aromatic rings. The van der Waals surface area contributed by atoms with Crippen molar-refractivity contribution < 1.29 is 4.79 Å². The number of hydrogen-bond donors (Lipinski definition) is 2. The molecule has 0 aliphatic carbocycles. The largest absolute Gasteiger partial charge is 0.355 e. The summed E-state index contributed by atoms with van der Waals surface area (Å²) in [6.45, 7) is 4.59. The van der Waals surface area contributed by atoms with Gasteiger partial charge in [0.2, 0.25) is 5.91 Å². The molecule has 0 fully saturated rings. The molecule has 2 rings (SSSR count). The molecule has 4 nitrogen and oxygen atoms in total. The number of pyridine rings is 1. The van der Waals surface area contributed by atoms with Crippen molar-refractivity contribution in [2.24, 2.45) is 0 Å². The SMILES string of the molecule is CCCNCCNC(=O)Cc1cccc2cccnc12.Cl.Cl. The molecule has 122 valence electrons. The molecular formula is C16H23Cl2N3O. The zero-order chi connectivity index (χ0) is 14.2. The van der Waals surface area contributed by atoms with E-state index in [1.165, 1.54) is 0 Å². The number of fused-ring (bicyclic) bond motifs is 1. The number of para-hydroxylation sites is 1. The van der Waals surface area contributed by atoms with Crippen LogP contribution in [0.15, 0.2) is 36.5 Å². The van der Waals surface area contributed by atoms with Crippen LogP contribution in [0.4, 0.5) is 0 Å². The van der Waals surface area contributed by atoms with Crippen LogP contribution in [-0.4, -0.2) is 30.5 Å². The summed E-state index contributed by atoms with van der Waals surface area (Å²) in [6.07, 6.45) is 3.25. The number of carbonyl (C=O) groups is 1. The van der Waals surface area contributed by atoms with E-state index in [1.54, 1.807) is 6.20 Å². The summed E-state index contributed by atoms with van der Waals surface area (Å²) in [6, 6.07) is 9.86. The summed E-state index contributed by atoms with van der Waals surface area (Å²) in [5.41, 5.74) is 1.89. The number of amides is 1. The number of nitrogens with zero attached hydrogens (tertiary/aromatic N) is 1. The molecule has 0 atom stereocenters. The van der Waals surface area contributed by atoms with Gasteiger partial charge in [-0.1, -0.05) is 31.2 Å². The molecule has 0 aliphatic rings. The van der Waals surface area contributed by atoms with Crippen molar-refractivity contribution in [2.45, 2.75) is 19.8 Å². The second-order valence-corrected chi connectivity index (χ2v) is 4.77. The van der Waals surface area contributed by atoms with E-state index in [9.17, 15) is 4.79 Å². The van der Waals surface area contributed by atoms with Gasteiger partial charge in [0.1, 0.15) is 0 Å². The molecule has 1 amide bonds. The Morgan fingerprint density at radius 1 is 1.09 bits per heavy atom. The molecular weight excluding hydrogens is 321 g/mol. The Morgan fingerprint density at radius 2 is 1.86 bits per heavy atom. The maximum absolute atomic E-state index is 11.9. The van der Waals surface area contributed by atoms with Gasteiger partial charge in [-0.3, -0.25) is 9.78 Å². The monoisotopic (exact) mass is 343 g/mol. The summed E-state index contributed by atoms with van der Waals surface area (Å²) >= 11 is 0. The molecule has 1 aromatic carbocycles. The maximum atomic E-state index is 11.9. The summed E-state index contributed by atoms with van der Waals surface area (Å²) in [7, 11) is 0. The van der Waals surface area contributed by atoms with Gasteiger partial charge in [-0.2, -0.15) is 0 Å². The first kappa shape index (κ1) is 20.6. The van der Waals surface area contributed by atoms with E-state index >= 15 is 0 Å². The van der Waals surface area contributed by atoms with Crippen LogP contribution in [0.25, 0.3) is 10.9 Å². The van der Waals surface area contributed by atoms with Gasteiger partial charge in [-0.05, 0) is 24.6 Å². The lowest BCUT2D eigenvalue weighted by atomic mass is 10.1. The molecule has 6 heteroatoms. The zero-order valence-electron chi connectivity index (χ0n) is 12.7. The smallest absolute Gasteiger partial charge is 0.224 e. The predicted molar refractivity (Wildman–Crippen MR) is 96.1 cm³/mol. The zero-order valence-corrected chi connectivity index (χ0v) is 14.3. The third kappa shape index (κ3) is 6.18. The molecule has 0 radical (unpaired) electrons. The predicted octanol–water partition coefficient (Wildman–Crippen LogP) is 2.74. The van der Waals surface area contributed by atoms with Crippen molar-refractivity contribution in [3.63, 3.8) is 0 Å². The van der Waals surface area contributed by atoms with Crippen LogP contribution in [0.3, 0.4) is 0 Å². The molecule has 0 unspecified atom stereocenters. The van der Waals surface area contributed by atoms with Crippen LogP contribution >= 0.6 is 24.8 Å². The topological polar surface area (TPSA) is 54.0 Å². The first-order valence-electron chi connectivity index (χ1n) is 7.11. The molecule has 0 spiro atoms. The van der Waals surface area contributed by atoms with E-state index in [-0.39, 0.29) is 30.7 Å². The highest BCUT2D eigenvalue weighted by molar-refractivity contribution is 5.87. The molecule has 22 heavy (non-hydrogen) atoms. The van der Waals surface area contributed by atoms with Crippen LogP contribution in [0, 0.1) is 0 Å². The Balaban J connectivity index is 0.00000220. The van der Waals surface area contributed by atoms with Gasteiger partial charge < -0.3 is 10.6 Å². The molecule has 0 aliphatic heterocycles. The van der Waals surface area contributed by atoms with E-state index in [4.69, 9.17) is 0 Å². The number of halogens is 2. The van der Waals surface area contributed by atoms with Crippen LogP contribution in [0.5, 0.6) is 0 Å². The quantitative estimate of drug-likeness (QED) is 0.760. The van der Waals surface area contributed by atoms with Crippen LogP contribution < -0.4 is 10.6 Å². The van der Waals surface area contributed by atoms with Gasteiger partial charge in [-0.15, -0.1) is 24.8 Å². The molecule has 0 saturated heterocycles. The lowest BCUT2D eigenvalue weighted by Gasteiger charge is -2.07. The van der Waals surface area contributed by atoms with Crippen LogP contribution in [0.2, 0.25) is 0 Å². The standard InChI is InChI=1S/C16H21N3O.2ClH/c1-2-8-17-10-11-18-15(20)12-14-6-3-5-13-7-4-9-19-16(13)14;;/h3-7,9,17H,2,8,10-12H2,1H3,(H,18,20);2*1H. The fraction of sp³-hybridized carbons (Fsp3) is 0.375. The molecule has 1 heterocycles. The molecule has 2 N–H and O–H groups in total. The number of aromatic nitrogens is 1. The van der Waals surface area contributed by atoms with Gasteiger partial charge in [0.15, 0.2) is 0 Å². The van der Waals surface area contributed by atoms with E-state index in [0.717, 1.165) is 36.0 Å². The van der Waals surface area contributed by atoms with Gasteiger partial charge in [-0.25, -0.2) is 0 Å². The first-order valence-corrected chi connectivity index (χ1v) is 7.11. The minimum Gasteiger partial charge on any atom is -0.355 e. The maximum Gasteiger partial charge on any atom is 0.224 e. The third-order valence-corrected chi connectivity index (χ3v) is 3.12. The van der Waals surface area contributed by atoms with Crippen molar-refractivity contribution >= 4 is 41.6 Å². The summed E-state index contributed by atoms with van der Waals surface area (Å²) in [5, 5.41) is 7.25. The molecule has 0 saturated carbocycles. The van der Waals surface area contributed by atoms with Gasteiger partial charge >= 0.3 is 0 Å². The minimum atomic E-state index is 0. The fourth-order valence-corrected chi connectivity index (χ4v) is 2.14. The highest BCUT2D eigenvalue weighted by Crippen LogP contribution is 2.16. The average molecular weight is 344 g/mol. The van der Waals surface area contributed by atoms with E-state index in [1.807, 2.05) is 30.3 Å². The van der Waals surface area contributed by atoms with Gasteiger partial charge in [0.25, 0.3) is 0 Å². The highest BCUT2D eigenvalue weighted by atomic mass is 35.5. The Kier molecular flexibility index (Phi) is 10.5. The Labute approximate surface area is 143 Å². The van der Waals surface area contributed by atoms with E-state index in [0.29, 0.717) is 13.0 Å². The highest BCUT2D eigenvalue weighted by Gasteiger charge is 2.06. The average Bonchev–Trinajstić information content (AvgIpc) is 2.47. The number of benzene rings is 1. The number of nitrogens with one attached hydrogen (secondary N) is 2. The molecule has 0 bridgehead atoms. The van der Waals surface area contributed by atoms with E-state index < -0.39 is 0 Å². The van der Waals surface area contributed by atoms with Crippen molar-refractivity contribution in [3.8, 4) is 0 Å². The first-order chi connectivity index (χ1) is 9.81. The second-order valence-electron chi connectivity index (χ2n) is 4.77. The Bertz CT molecular complexity index is 573. The number of hydrogen-bond acceptors (Lipinski definition) is 3. The van der Waals surface area contributed by atoms with Gasteiger partial charge in [0.05, 0.1) is 11.9 Å². The van der Waals surface area contributed by atoms with Crippen molar-refractivity contribution in [1.82, 2.24) is 15.6 Å². The molecule has 1 aromatic heterocycles. The van der Waals surface area contributed by atoms with E-state index in [2.05, 4.69) is 22.5 Å². The Hall–Kier alpha value is -1.36. The van der Waals surface area contributed by atoms with Crippen molar-refractivity contribution in [1.29, 1.82) is 0 Å². The van der Waals surface area contributed by atoms with Crippen LogP contribution in [-0.2, 0) is 11.2 Å². The normalized spacial score (nSPS) is 9.68. The lowest BCUT2D eigenvalue weighted by Crippen LogP contribution is -2.33. The number of rotatable bonds is 7. The van der Waals surface area contributed by atoms with Crippen LogP contribution in [0.1, 0.15) is 18.9 Å². The summed E-state index contributed by atoms with van der Waals surface area (Å²) in [4.78, 5) is 16.3. The van der Waals surface area contributed by atoms with Gasteiger partial charge in [0, 0.05) is 24.7 Å². The Morgan fingerprint density at radius 3 is 2.64 bits per heavy atom. The second kappa shape index (κ2) is 11.2. The third-order valence-electron chi connectivity index (χ3n) is 3.12. The summed E-state index contributed by atoms with van der Waals surface area (Å²) < 4.78 is 0. The lowest BCUT2D eigenvalue weighted by molar-refractivity contribution is -0.120. The van der Waals surface area contributed by atoms with Crippen molar-refractivity contribution in [2.75, 3.05) is 19.6 Å². The van der Waals surface area contributed by atoms with Crippen molar-refractivity contribution in [3.05, 3.63) is 42.1 Å². The fourth-order valence-electron chi connectivity index (χ4n) is 2.14. The minimum absolute atomic E-state index is 0.